The fraction of sp³-hybridized carbons (Fsp3) is 0.750. The molecule has 1 fully saturated rings. The van der Waals surface area contributed by atoms with Gasteiger partial charge >= 0.3 is 5.97 Å². The maximum absolute atomic E-state index is 10.2. The molecule has 1 aliphatic carbocycles. The molecule has 86 valence electrons. The van der Waals surface area contributed by atoms with Crippen LogP contribution >= 0.6 is 0 Å². The summed E-state index contributed by atoms with van der Waals surface area (Å²) >= 11 is 0. The molecule has 3 heteroatoms. The van der Waals surface area contributed by atoms with Crippen molar-refractivity contribution in [2.75, 3.05) is 6.54 Å². The third kappa shape index (κ3) is 6.28. The third-order valence-electron chi connectivity index (χ3n) is 2.89. The first-order chi connectivity index (χ1) is 7.29. The van der Waals surface area contributed by atoms with Crippen LogP contribution in [0.3, 0.4) is 0 Å². The van der Waals surface area contributed by atoms with Crippen molar-refractivity contribution in [1.29, 1.82) is 0 Å². The predicted molar refractivity (Wildman–Crippen MR) is 60.9 cm³/mol. The van der Waals surface area contributed by atoms with Crippen LogP contribution in [0.25, 0.3) is 0 Å². The Morgan fingerprint density at radius 2 is 1.80 bits per heavy atom. The average Bonchev–Trinajstić information content (AvgIpc) is 2.14. The highest BCUT2D eigenvalue weighted by molar-refractivity contribution is 5.79. The molecule has 0 unspecified atom stereocenters. The molecule has 0 spiro atoms. The van der Waals surface area contributed by atoms with Crippen LogP contribution in [-0.4, -0.2) is 23.7 Å². The van der Waals surface area contributed by atoms with Gasteiger partial charge in [-0.05, 0) is 12.8 Å². The molecule has 0 radical (unpaired) electrons. The first kappa shape index (κ1) is 12.2. The molecule has 0 saturated heterocycles. The van der Waals surface area contributed by atoms with Crippen LogP contribution in [0.15, 0.2) is 12.2 Å². The van der Waals surface area contributed by atoms with Gasteiger partial charge < -0.3 is 10.4 Å². The molecule has 0 aromatic carbocycles. The lowest BCUT2D eigenvalue weighted by atomic mass is 9.97. The molecule has 3 nitrogen and oxygen atoms in total. The van der Waals surface area contributed by atoms with E-state index in [1.807, 2.05) is 0 Å². The molecule has 1 saturated carbocycles. The minimum absolute atomic E-state index is 0.587. The first-order valence-electron chi connectivity index (χ1n) is 5.92. The van der Waals surface area contributed by atoms with E-state index in [1.54, 1.807) is 6.08 Å². The fourth-order valence-electron chi connectivity index (χ4n) is 2.05. The minimum Gasteiger partial charge on any atom is -0.478 e. The van der Waals surface area contributed by atoms with Gasteiger partial charge in [-0.1, -0.05) is 38.2 Å². The maximum atomic E-state index is 10.2. The Morgan fingerprint density at radius 3 is 2.40 bits per heavy atom. The molecule has 15 heavy (non-hydrogen) atoms. The summed E-state index contributed by atoms with van der Waals surface area (Å²) in [4.78, 5) is 10.2. The van der Waals surface area contributed by atoms with Crippen molar-refractivity contribution in [1.82, 2.24) is 5.32 Å². The Balaban J connectivity index is 2.15. The smallest absolute Gasteiger partial charge is 0.328 e. The molecular formula is C12H21NO2. The summed E-state index contributed by atoms with van der Waals surface area (Å²) in [5.74, 6) is -0.866. The lowest BCUT2D eigenvalue weighted by Gasteiger charge is -2.20. The van der Waals surface area contributed by atoms with Crippen molar-refractivity contribution >= 4 is 5.97 Å². The van der Waals surface area contributed by atoms with E-state index >= 15 is 0 Å². The van der Waals surface area contributed by atoms with Crippen LogP contribution in [0.5, 0.6) is 0 Å². The van der Waals surface area contributed by atoms with Gasteiger partial charge in [-0.25, -0.2) is 4.79 Å². The Kier molecular flexibility index (Phi) is 6.09. The fourth-order valence-corrected chi connectivity index (χ4v) is 2.05. The Bertz CT molecular complexity index is 206. The van der Waals surface area contributed by atoms with Crippen LogP contribution in [0, 0.1) is 0 Å². The highest BCUT2D eigenvalue weighted by Gasteiger charge is 2.09. The quantitative estimate of drug-likeness (QED) is 0.702. The van der Waals surface area contributed by atoms with Gasteiger partial charge in [-0.2, -0.15) is 0 Å². The standard InChI is InChI=1S/C12H21NO2/c14-12(15)9-6-10-13-11-7-4-2-1-3-5-8-11/h6,9,11,13H,1-5,7-8,10H2,(H,14,15)/b9-6+. The molecular weight excluding hydrogens is 190 g/mol. The number of nitrogens with one attached hydrogen (secondary N) is 1. The second kappa shape index (κ2) is 7.46. The number of carboxylic acids is 1. The number of hydrogen-bond acceptors (Lipinski definition) is 2. The van der Waals surface area contributed by atoms with E-state index in [0.29, 0.717) is 12.6 Å². The number of carbonyl (C=O) groups is 1. The predicted octanol–water partition coefficient (Wildman–Crippen LogP) is 2.33. The van der Waals surface area contributed by atoms with Crippen LogP contribution in [-0.2, 0) is 4.79 Å². The molecule has 2 N–H and O–H groups in total. The summed E-state index contributed by atoms with van der Waals surface area (Å²) in [6.07, 6.45) is 12.1. The highest BCUT2D eigenvalue weighted by Crippen LogP contribution is 2.16. The largest absolute Gasteiger partial charge is 0.478 e. The van der Waals surface area contributed by atoms with Crippen molar-refractivity contribution < 1.29 is 9.90 Å². The van der Waals surface area contributed by atoms with Crippen LogP contribution < -0.4 is 5.32 Å². The van der Waals surface area contributed by atoms with E-state index in [-0.39, 0.29) is 0 Å². The van der Waals surface area contributed by atoms with Crippen molar-refractivity contribution in [3.05, 3.63) is 12.2 Å². The van der Waals surface area contributed by atoms with Crippen LogP contribution in [0.4, 0.5) is 0 Å². The normalized spacial score (nSPS) is 20.0. The summed E-state index contributed by atoms with van der Waals surface area (Å²) in [6, 6.07) is 0.587. The zero-order chi connectivity index (χ0) is 10.9. The number of rotatable bonds is 4. The van der Waals surface area contributed by atoms with Gasteiger partial charge in [0.15, 0.2) is 0 Å². The summed E-state index contributed by atoms with van der Waals surface area (Å²) in [7, 11) is 0. The lowest BCUT2D eigenvalue weighted by molar-refractivity contribution is -0.131. The Labute approximate surface area is 91.6 Å². The summed E-state index contributed by atoms with van der Waals surface area (Å²) < 4.78 is 0. The summed E-state index contributed by atoms with van der Waals surface area (Å²) in [5.41, 5.74) is 0. The maximum Gasteiger partial charge on any atom is 0.328 e. The van der Waals surface area contributed by atoms with E-state index in [2.05, 4.69) is 5.32 Å². The molecule has 0 bridgehead atoms. The van der Waals surface area contributed by atoms with Gasteiger partial charge in [0, 0.05) is 18.7 Å². The molecule has 1 rings (SSSR count). The minimum atomic E-state index is -0.866. The Morgan fingerprint density at radius 1 is 1.20 bits per heavy atom. The zero-order valence-electron chi connectivity index (χ0n) is 9.24. The lowest BCUT2D eigenvalue weighted by Crippen LogP contribution is -2.29. The highest BCUT2D eigenvalue weighted by atomic mass is 16.4. The second-order valence-corrected chi connectivity index (χ2v) is 4.19. The van der Waals surface area contributed by atoms with Gasteiger partial charge in [0.1, 0.15) is 0 Å². The summed E-state index contributed by atoms with van der Waals surface area (Å²) in [5, 5.41) is 11.8. The van der Waals surface area contributed by atoms with Crippen LogP contribution in [0.2, 0.25) is 0 Å². The van der Waals surface area contributed by atoms with E-state index in [9.17, 15) is 4.79 Å². The van der Waals surface area contributed by atoms with Gasteiger partial charge in [0.2, 0.25) is 0 Å². The van der Waals surface area contributed by atoms with E-state index in [4.69, 9.17) is 5.11 Å². The van der Waals surface area contributed by atoms with Crippen molar-refractivity contribution in [3.8, 4) is 0 Å². The van der Waals surface area contributed by atoms with E-state index in [0.717, 1.165) is 0 Å². The molecule has 0 atom stereocenters. The van der Waals surface area contributed by atoms with Crippen molar-refractivity contribution in [2.45, 2.75) is 51.0 Å². The average molecular weight is 211 g/mol. The third-order valence-corrected chi connectivity index (χ3v) is 2.89. The van der Waals surface area contributed by atoms with Gasteiger partial charge in [-0.15, -0.1) is 0 Å². The molecule has 0 aromatic rings. The van der Waals surface area contributed by atoms with Gasteiger partial charge in [-0.3, -0.25) is 0 Å². The monoisotopic (exact) mass is 211 g/mol. The molecule has 0 aromatic heterocycles. The molecule has 0 heterocycles. The van der Waals surface area contributed by atoms with Gasteiger partial charge in [0.05, 0.1) is 0 Å². The first-order valence-corrected chi connectivity index (χ1v) is 5.92. The van der Waals surface area contributed by atoms with Crippen LogP contribution in [0.1, 0.15) is 44.9 Å². The number of carboxylic acid groups (broad SMARTS) is 1. The van der Waals surface area contributed by atoms with Crippen molar-refractivity contribution in [3.63, 3.8) is 0 Å². The molecule has 0 amide bonds. The molecule has 1 aliphatic rings. The Hall–Kier alpha value is -0.830. The van der Waals surface area contributed by atoms with E-state index in [1.165, 1.54) is 51.0 Å². The number of aliphatic carboxylic acids is 1. The molecule has 0 aliphatic heterocycles. The van der Waals surface area contributed by atoms with E-state index < -0.39 is 5.97 Å². The summed E-state index contributed by atoms with van der Waals surface area (Å²) in [6.45, 7) is 0.678. The number of hydrogen-bond donors (Lipinski definition) is 2. The second-order valence-electron chi connectivity index (χ2n) is 4.19. The SMILES string of the molecule is O=C(O)/C=C/CNC1CCCCCCC1. The topological polar surface area (TPSA) is 49.3 Å². The zero-order valence-corrected chi connectivity index (χ0v) is 9.24. The van der Waals surface area contributed by atoms with Gasteiger partial charge in [0.25, 0.3) is 0 Å². The van der Waals surface area contributed by atoms with Crippen molar-refractivity contribution in [2.24, 2.45) is 0 Å².